The molecular weight excluding hydrogens is 348 g/mol. The number of methoxy groups -OCH3 is 1. The summed E-state index contributed by atoms with van der Waals surface area (Å²) < 4.78 is 5.31. The van der Waals surface area contributed by atoms with E-state index in [2.05, 4.69) is 12.1 Å². The Morgan fingerprint density at radius 3 is 2.85 bits per heavy atom. The Kier molecular flexibility index (Phi) is 5.11. The van der Waals surface area contributed by atoms with Gasteiger partial charge in [-0.1, -0.05) is 6.07 Å². The first-order chi connectivity index (χ1) is 12.7. The van der Waals surface area contributed by atoms with E-state index in [1.165, 1.54) is 11.1 Å². The van der Waals surface area contributed by atoms with Crippen molar-refractivity contribution in [2.24, 2.45) is 5.92 Å². The molecule has 6 heteroatoms. The molecule has 0 radical (unpaired) electrons. The molecule has 2 saturated heterocycles. The van der Waals surface area contributed by atoms with Crippen LogP contribution in [-0.2, 0) is 22.4 Å². The highest BCUT2D eigenvalue weighted by molar-refractivity contribution is 7.99. The van der Waals surface area contributed by atoms with Crippen molar-refractivity contribution in [1.29, 1.82) is 0 Å². The van der Waals surface area contributed by atoms with Crippen molar-refractivity contribution in [3.05, 3.63) is 29.3 Å². The van der Waals surface area contributed by atoms with Gasteiger partial charge in [0.1, 0.15) is 11.8 Å². The Morgan fingerprint density at radius 2 is 2.08 bits per heavy atom. The average molecular weight is 375 g/mol. The maximum Gasteiger partial charge on any atom is 0.246 e. The zero-order chi connectivity index (χ0) is 18.1. The normalized spacial score (nSPS) is 24.8. The molecule has 2 atom stereocenters. The number of nitrogens with zero attached hydrogens (tertiary/aromatic N) is 2. The van der Waals surface area contributed by atoms with Gasteiger partial charge >= 0.3 is 0 Å². The largest absolute Gasteiger partial charge is 0.497 e. The van der Waals surface area contributed by atoms with Gasteiger partial charge in [0, 0.05) is 25.3 Å². The number of fused-ring (bicyclic) bond motifs is 1. The van der Waals surface area contributed by atoms with Crippen LogP contribution in [0.1, 0.15) is 30.4 Å². The van der Waals surface area contributed by atoms with E-state index in [1.54, 1.807) is 18.9 Å². The second-order valence-electron chi connectivity index (χ2n) is 7.50. The summed E-state index contributed by atoms with van der Waals surface area (Å²) in [5.74, 6) is 3.30. The van der Waals surface area contributed by atoms with Gasteiger partial charge in [0.25, 0.3) is 0 Å². The first-order valence-electron chi connectivity index (χ1n) is 9.47. The van der Waals surface area contributed by atoms with Crippen LogP contribution in [0.15, 0.2) is 18.2 Å². The van der Waals surface area contributed by atoms with Crippen LogP contribution in [0.3, 0.4) is 0 Å². The maximum absolute atomic E-state index is 12.9. The van der Waals surface area contributed by atoms with Crippen LogP contribution in [0.25, 0.3) is 0 Å². The number of rotatable bonds is 4. The monoisotopic (exact) mass is 374 g/mol. The fraction of sp³-hybridized carbons (Fsp3) is 0.600. The number of amides is 2. The summed E-state index contributed by atoms with van der Waals surface area (Å²) in [4.78, 5) is 29.5. The summed E-state index contributed by atoms with van der Waals surface area (Å²) in [6, 6.07) is 5.97. The number of carbonyl (C=O) groups excluding carboxylic acids is 2. The Hall–Kier alpha value is -1.69. The fourth-order valence-corrected chi connectivity index (χ4v) is 5.40. The minimum absolute atomic E-state index is 0.150. The van der Waals surface area contributed by atoms with E-state index in [0.29, 0.717) is 12.3 Å². The van der Waals surface area contributed by atoms with E-state index in [-0.39, 0.29) is 17.9 Å². The number of hydrogen-bond acceptors (Lipinski definition) is 4. The predicted octanol–water partition coefficient (Wildman–Crippen LogP) is 2.32. The lowest BCUT2D eigenvalue weighted by atomic mass is 10.0. The van der Waals surface area contributed by atoms with E-state index >= 15 is 0 Å². The van der Waals surface area contributed by atoms with Crippen molar-refractivity contribution in [2.45, 2.75) is 38.1 Å². The van der Waals surface area contributed by atoms with Crippen LogP contribution in [0.4, 0.5) is 0 Å². The Morgan fingerprint density at radius 1 is 1.23 bits per heavy atom. The summed E-state index contributed by atoms with van der Waals surface area (Å²) in [6.45, 7) is 1.55. The van der Waals surface area contributed by atoms with Gasteiger partial charge in [-0.3, -0.25) is 9.59 Å². The summed E-state index contributed by atoms with van der Waals surface area (Å²) in [5, 5.41) is 0. The quantitative estimate of drug-likeness (QED) is 0.812. The Labute approximate surface area is 159 Å². The highest BCUT2D eigenvalue weighted by Crippen LogP contribution is 2.33. The lowest BCUT2D eigenvalue weighted by Gasteiger charge is -2.28. The minimum Gasteiger partial charge on any atom is -0.497 e. The second-order valence-corrected chi connectivity index (χ2v) is 8.57. The zero-order valence-corrected chi connectivity index (χ0v) is 16.1. The van der Waals surface area contributed by atoms with Crippen molar-refractivity contribution < 1.29 is 14.3 Å². The van der Waals surface area contributed by atoms with Gasteiger partial charge in [-0.05, 0) is 54.9 Å². The molecule has 5 nitrogen and oxygen atoms in total. The number of carbonyl (C=O) groups is 2. The van der Waals surface area contributed by atoms with Crippen LogP contribution < -0.4 is 4.74 Å². The third kappa shape index (κ3) is 3.43. The SMILES string of the molecule is COc1ccc2c(c1)CC(CC(=O)N1CCC[C@H]1C(=O)N1CCSC1)C2. The van der Waals surface area contributed by atoms with Gasteiger partial charge in [0.05, 0.1) is 13.0 Å². The molecule has 0 bridgehead atoms. The fourth-order valence-electron chi connectivity index (χ4n) is 4.44. The molecule has 0 N–H and O–H groups in total. The molecule has 1 aliphatic carbocycles. The lowest BCUT2D eigenvalue weighted by molar-refractivity contribution is -0.143. The lowest BCUT2D eigenvalue weighted by Crippen LogP contribution is -2.47. The van der Waals surface area contributed by atoms with Gasteiger partial charge < -0.3 is 14.5 Å². The van der Waals surface area contributed by atoms with E-state index < -0.39 is 0 Å². The highest BCUT2D eigenvalue weighted by Gasteiger charge is 2.38. The number of likely N-dealkylation sites (tertiary alicyclic amines) is 1. The summed E-state index contributed by atoms with van der Waals surface area (Å²) >= 11 is 1.79. The van der Waals surface area contributed by atoms with Gasteiger partial charge in [-0.2, -0.15) is 0 Å². The summed E-state index contributed by atoms with van der Waals surface area (Å²) in [5.41, 5.74) is 2.62. The average Bonchev–Trinajstić information content (AvgIpc) is 3.39. The Bertz CT molecular complexity index is 702. The molecule has 0 saturated carbocycles. The molecular formula is C20H26N2O3S. The van der Waals surface area contributed by atoms with Gasteiger partial charge in [0.15, 0.2) is 0 Å². The molecule has 2 aliphatic heterocycles. The van der Waals surface area contributed by atoms with Crippen LogP contribution >= 0.6 is 11.8 Å². The van der Waals surface area contributed by atoms with Crippen molar-refractivity contribution in [3.63, 3.8) is 0 Å². The molecule has 0 spiro atoms. The summed E-state index contributed by atoms with van der Waals surface area (Å²) in [7, 11) is 1.68. The maximum atomic E-state index is 12.9. The van der Waals surface area contributed by atoms with Crippen molar-refractivity contribution in [1.82, 2.24) is 9.80 Å². The molecule has 3 aliphatic rings. The van der Waals surface area contributed by atoms with E-state index in [4.69, 9.17) is 4.74 Å². The van der Waals surface area contributed by atoms with Gasteiger partial charge in [-0.15, -0.1) is 11.8 Å². The van der Waals surface area contributed by atoms with Crippen LogP contribution in [0, 0.1) is 5.92 Å². The Balaban J connectivity index is 1.38. The molecule has 2 heterocycles. The molecule has 4 rings (SSSR count). The molecule has 1 unspecified atom stereocenters. The third-order valence-electron chi connectivity index (χ3n) is 5.82. The molecule has 1 aromatic rings. The van der Waals surface area contributed by atoms with Crippen LogP contribution in [0.2, 0.25) is 0 Å². The molecule has 1 aromatic carbocycles. The van der Waals surface area contributed by atoms with Crippen molar-refractivity contribution in [2.75, 3.05) is 31.8 Å². The molecule has 0 aromatic heterocycles. The van der Waals surface area contributed by atoms with Crippen LogP contribution in [0.5, 0.6) is 5.75 Å². The highest BCUT2D eigenvalue weighted by atomic mass is 32.2. The minimum atomic E-state index is -0.231. The molecule has 2 fully saturated rings. The predicted molar refractivity (Wildman–Crippen MR) is 102 cm³/mol. The number of ether oxygens (including phenoxy) is 1. The summed E-state index contributed by atoms with van der Waals surface area (Å²) in [6.07, 6.45) is 4.16. The standard InChI is InChI=1S/C20H26N2O3S/c1-25-17-5-4-15-9-14(10-16(15)12-17)11-19(23)22-6-2-3-18(22)20(24)21-7-8-26-13-21/h4-5,12,14,18H,2-3,6-11,13H2,1H3/t14?,18-/m0/s1. The molecule has 2 amide bonds. The zero-order valence-electron chi connectivity index (χ0n) is 15.3. The topological polar surface area (TPSA) is 49.9 Å². The van der Waals surface area contributed by atoms with Gasteiger partial charge in [0.2, 0.25) is 11.8 Å². The third-order valence-corrected chi connectivity index (χ3v) is 6.78. The van der Waals surface area contributed by atoms with E-state index in [9.17, 15) is 9.59 Å². The first kappa shape index (κ1) is 17.7. The van der Waals surface area contributed by atoms with Crippen LogP contribution in [-0.4, -0.2) is 59.5 Å². The molecule has 26 heavy (non-hydrogen) atoms. The molecule has 140 valence electrons. The van der Waals surface area contributed by atoms with Crippen molar-refractivity contribution >= 4 is 23.6 Å². The number of benzene rings is 1. The smallest absolute Gasteiger partial charge is 0.246 e. The van der Waals surface area contributed by atoms with E-state index in [0.717, 1.165) is 56.2 Å². The van der Waals surface area contributed by atoms with Crippen molar-refractivity contribution in [3.8, 4) is 5.75 Å². The number of thioether (sulfide) groups is 1. The number of hydrogen-bond donors (Lipinski definition) is 0. The first-order valence-corrected chi connectivity index (χ1v) is 10.6. The second kappa shape index (κ2) is 7.51. The van der Waals surface area contributed by atoms with E-state index in [1.807, 2.05) is 15.9 Å². The van der Waals surface area contributed by atoms with Gasteiger partial charge in [-0.25, -0.2) is 0 Å².